The van der Waals surface area contributed by atoms with Gasteiger partial charge in [-0.25, -0.2) is 4.98 Å². The van der Waals surface area contributed by atoms with Gasteiger partial charge in [0, 0.05) is 13.0 Å². The molecular weight excluding hydrogens is 260 g/mol. The van der Waals surface area contributed by atoms with Crippen LogP contribution in [0.25, 0.3) is 0 Å². The number of hydrogen-bond acceptors (Lipinski definition) is 2. The topological polar surface area (TPSA) is 55.1 Å². The molecule has 0 aromatic carbocycles. The van der Waals surface area contributed by atoms with Crippen molar-refractivity contribution in [1.29, 1.82) is 0 Å². The number of carboxylic acids is 1. The van der Waals surface area contributed by atoms with E-state index in [1.807, 2.05) is 11.5 Å². The molecule has 15 heavy (non-hydrogen) atoms. The van der Waals surface area contributed by atoms with Crippen molar-refractivity contribution in [2.75, 3.05) is 0 Å². The lowest BCUT2D eigenvalue weighted by atomic mass is 10.00. The van der Waals surface area contributed by atoms with E-state index in [2.05, 4.69) is 20.9 Å². The highest BCUT2D eigenvalue weighted by Gasteiger charge is 2.27. The smallest absolute Gasteiger partial charge is 0.308 e. The number of imidazole rings is 1. The van der Waals surface area contributed by atoms with Gasteiger partial charge in [-0.15, -0.1) is 0 Å². The molecule has 1 atom stereocenters. The molecule has 1 aromatic rings. The van der Waals surface area contributed by atoms with Crippen molar-refractivity contribution in [3.8, 4) is 0 Å². The summed E-state index contributed by atoms with van der Waals surface area (Å²) in [4.78, 5) is 15.4. The van der Waals surface area contributed by atoms with Crippen molar-refractivity contribution in [2.24, 2.45) is 5.92 Å². The Bertz CT molecular complexity index is 400. The van der Waals surface area contributed by atoms with Gasteiger partial charge in [-0.3, -0.25) is 4.79 Å². The second kappa shape index (κ2) is 3.96. The lowest BCUT2D eigenvalue weighted by molar-refractivity contribution is -0.142. The van der Waals surface area contributed by atoms with Crippen molar-refractivity contribution in [2.45, 2.75) is 32.7 Å². The summed E-state index contributed by atoms with van der Waals surface area (Å²) < 4.78 is 2.94. The molecule has 0 saturated heterocycles. The summed E-state index contributed by atoms with van der Waals surface area (Å²) in [5.74, 6) is 0.0308. The lowest BCUT2D eigenvalue weighted by Crippen LogP contribution is -2.26. The highest BCUT2D eigenvalue weighted by molar-refractivity contribution is 9.10. The highest BCUT2D eigenvalue weighted by Crippen LogP contribution is 2.27. The van der Waals surface area contributed by atoms with Gasteiger partial charge in [0.05, 0.1) is 11.6 Å². The van der Waals surface area contributed by atoms with E-state index < -0.39 is 5.97 Å². The quantitative estimate of drug-likeness (QED) is 0.894. The van der Waals surface area contributed by atoms with Crippen LogP contribution in [-0.2, 0) is 24.2 Å². The minimum atomic E-state index is -0.709. The molecule has 0 amide bonds. The maximum atomic E-state index is 10.9. The third-order valence-corrected chi connectivity index (χ3v) is 3.74. The summed E-state index contributed by atoms with van der Waals surface area (Å²) in [6.07, 6.45) is 2.33. The molecular formula is C10H13BrN2O2. The molecule has 0 saturated carbocycles. The van der Waals surface area contributed by atoms with Crippen molar-refractivity contribution in [3.63, 3.8) is 0 Å². The SMILES string of the molecule is CCc1nc2n(c1Br)CC(C(=O)O)CC2. The summed E-state index contributed by atoms with van der Waals surface area (Å²) in [5.41, 5.74) is 1.02. The lowest BCUT2D eigenvalue weighted by Gasteiger charge is -2.20. The summed E-state index contributed by atoms with van der Waals surface area (Å²) in [6, 6.07) is 0. The standard InChI is InChI=1S/C10H13BrN2O2/c1-2-7-9(11)13-5-6(10(14)15)3-4-8(13)12-7/h6H,2-5H2,1H3,(H,14,15). The van der Waals surface area contributed by atoms with Crippen LogP contribution in [0.3, 0.4) is 0 Å². The summed E-state index contributed by atoms with van der Waals surface area (Å²) in [5, 5.41) is 8.97. The molecule has 2 rings (SSSR count). The summed E-state index contributed by atoms with van der Waals surface area (Å²) in [6.45, 7) is 2.59. The molecule has 2 heterocycles. The molecule has 4 nitrogen and oxygen atoms in total. The van der Waals surface area contributed by atoms with Crippen LogP contribution in [0, 0.1) is 5.92 Å². The zero-order valence-corrected chi connectivity index (χ0v) is 10.1. The van der Waals surface area contributed by atoms with Gasteiger partial charge in [0.2, 0.25) is 0 Å². The van der Waals surface area contributed by atoms with E-state index in [0.29, 0.717) is 13.0 Å². The average molecular weight is 273 g/mol. The van der Waals surface area contributed by atoms with Crippen molar-refractivity contribution in [3.05, 3.63) is 16.1 Å². The number of nitrogens with zero attached hydrogens (tertiary/aromatic N) is 2. The molecule has 1 N–H and O–H groups in total. The molecule has 1 aromatic heterocycles. The van der Waals surface area contributed by atoms with Gasteiger partial charge < -0.3 is 9.67 Å². The van der Waals surface area contributed by atoms with Gasteiger partial charge in [0.25, 0.3) is 0 Å². The number of rotatable bonds is 2. The Kier molecular flexibility index (Phi) is 2.82. The van der Waals surface area contributed by atoms with Crippen LogP contribution in [0.2, 0.25) is 0 Å². The van der Waals surface area contributed by atoms with Crippen molar-refractivity contribution in [1.82, 2.24) is 9.55 Å². The van der Waals surface area contributed by atoms with Crippen molar-refractivity contribution < 1.29 is 9.90 Å². The van der Waals surface area contributed by atoms with E-state index in [9.17, 15) is 4.79 Å². The number of carbonyl (C=O) groups is 1. The zero-order valence-electron chi connectivity index (χ0n) is 8.53. The number of fused-ring (bicyclic) bond motifs is 1. The van der Waals surface area contributed by atoms with Crippen LogP contribution in [0.1, 0.15) is 24.9 Å². The molecule has 5 heteroatoms. The van der Waals surface area contributed by atoms with Crippen LogP contribution >= 0.6 is 15.9 Å². The number of aromatic nitrogens is 2. The van der Waals surface area contributed by atoms with Gasteiger partial charge in [0.15, 0.2) is 0 Å². The molecule has 1 aliphatic rings. The Hall–Kier alpha value is -0.840. The average Bonchev–Trinajstić information content (AvgIpc) is 2.55. The maximum absolute atomic E-state index is 10.9. The van der Waals surface area contributed by atoms with Crippen LogP contribution in [0.15, 0.2) is 4.60 Å². The molecule has 1 unspecified atom stereocenters. The Balaban J connectivity index is 2.32. The summed E-state index contributed by atoms with van der Waals surface area (Å²) >= 11 is 3.48. The van der Waals surface area contributed by atoms with E-state index in [1.165, 1.54) is 0 Å². The van der Waals surface area contributed by atoms with Gasteiger partial charge in [-0.1, -0.05) is 6.92 Å². The third kappa shape index (κ3) is 1.80. The number of aryl methyl sites for hydroxylation is 2. The maximum Gasteiger partial charge on any atom is 0.308 e. The Labute approximate surface area is 96.4 Å². The predicted octanol–water partition coefficient (Wildman–Crippen LogP) is 1.85. The second-order valence-corrected chi connectivity index (χ2v) is 4.55. The first-order valence-electron chi connectivity index (χ1n) is 5.10. The first-order chi connectivity index (χ1) is 7.13. The number of carboxylic acid groups (broad SMARTS) is 1. The molecule has 1 aliphatic heterocycles. The van der Waals surface area contributed by atoms with Crippen molar-refractivity contribution >= 4 is 21.9 Å². The fourth-order valence-corrected chi connectivity index (χ4v) is 2.67. The Morgan fingerprint density at radius 2 is 2.47 bits per heavy atom. The number of aliphatic carboxylic acids is 1. The molecule has 0 radical (unpaired) electrons. The Morgan fingerprint density at radius 1 is 1.73 bits per heavy atom. The van der Waals surface area contributed by atoms with Crippen LogP contribution in [0.4, 0.5) is 0 Å². The van der Waals surface area contributed by atoms with Crippen LogP contribution < -0.4 is 0 Å². The Morgan fingerprint density at radius 3 is 3.07 bits per heavy atom. The normalized spacial score (nSPS) is 20.0. The molecule has 0 fully saturated rings. The van der Waals surface area contributed by atoms with E-state index >= 15 is 0 Å². The largest absolute Gasteiger partial charge is 0.481 e. The number of hydrogen-bond donors (Lipinski definition) is 1. The first-order valence-corrected chi connectivity index (χ1v) is 5.89. The minimum absolute atomic E-state index is 0.271. The molecule has 0 aliphatic carbocycles. The van der Waals surface area contributed by atoms with Gasteiger partial charge >= 0.3 is 5.97 Å². The van der Waals surface area contributed by atoms with E-state index in [-0.39, 0.29) is 5.92 Å². The predicted molar refractivity (Wildman–Crippen MR) is 58.8 cm³/mol. The zero-order chi connectivity index (χ0) is 11.0. The molecule has 82 valence electrons. The van der Waals surface area contributed by atoms with E-state index in [4.69, 9.17) is 5.11 Å². The van der Waals surface area contributed by atoms with Gasteiger partial charge in [-0.05, 0) is 28.8 Å². The van der Waals surface area contributed by atoms with Gasteiger partial charge in [0.1, 0.15) is 10.4 Å². The fraction of sp³-hybridized carbons (Fsp3) is 0.600. The fourth-order valence-electron chi connectivity index (χ4n) is 1.95. The number of halogens is 1. The van der Waals surface area contributed by atoms with Gasteiger partial charge in [-0.2, -0.15) is 0 Å². The van der Waals surface area contributed by atoms with Crippen LogP contribution in [-0.4, -0.2) is 20.6 Å². The summed E-state index contributed by atoms with van der Waals surface area (Å²) in [7, 11) is 0. The monoisotopic (exact) mass is 272 g/mol. The third-order valence-electron chi connectivity index (χ3n) is 2.85. The second-order valence-electron chi connectivity index (χ2n) is 3.80. The first kappa shape index (κ1) is 10.7. The molecule has 0 spiro atoms. The van der Waals surface area contributed by atoms with E-state index in [0.717, 1.165) is 29.0 Å². The van der Waals surface area contributed by atoms with Crippen LogP contribution in [0.5, 0.6) is 0 Å². The molecule has 0 bridgehead atoms. The highest BCUT2D eigenvalue weighted by atomic mass is 79.9. The minimum Gasteiger partial charge on any atom is -0.481 e. The van der Waals surface area contributed by atoms with E-state index in [1.54, 1.807) is 0 Å².